The monoisotopic (exact) mass is 256 g/mol. The summed E-state index contributed by atoms with van der Waals surface area (Å²) in [6.07, 6.45) is 8.36. The van der Waals surface area contributed by atoms with Crippen LogP contribution >= 0.6 is 0 Å². The molecule has 0 bridgehead atoms. The molecule has 1 aromatic carbocycles. The summed E-state index contributed by atoms with van der Waals surface area (Å²) in [6.45, 7) is 2.23. The molecule has 0 saturated heterocycles. The quantitative estimate of drug-likeness (QED) is 0.896. The van der Waals surface area contributed by atoms with Crippen molar-refractivity contribution in [2.24, 2.45) is 18.7 Å². The molecule has 3 rings (SSSR count). The van der Waals surface area contributed by atoms with Crippen molar-refractivity contribution in [1.82, 2.24) is 4.57 Å². The molecule has 2 nitrogen and oxygen atoms in total. The number of aryl methyl sites for hydroxylation is 2. The summed E-state index contributed by atoms with van der Waals surface area (Å²) in [6, 6.07) is 7.11. The number of para-hydroxylation sites is 1. The van der Waals surface area contributed by atoms with Crippen molar-refractivity contribution in [3.63, 3.8) is 0 Å². The van der Waals surface area contributed by atoms with Gasteiger partial charge in [-0.2, -0.15) is 0 Å². The highest BCUT2D eigenvalue weighted by atomic mass is 14.9. The Kier molecular flexibility index (Phi) is 3.36. The average Bonchev–Trinajstić information content (AvgIpc) is 2.95. The Morgan fingerprint density at radius 3 is 2.79 bits per heavy atom. The van der Waals surface area contributed by atoms with Gasteiger partial charge in [0.1, 0.15) is 0 Å². The molecule has 2 heteroatoms. The van der Waals surface area contributed by atoms with Gasteiger partial charge in [0, 0.05) is 24.7 Å². The van der Waals surface area contributed by atoms with Crippen LogP contribution in [0.5, 0.6) is 0 Å². The molecule has 1 saturated carbocycles. The number of rotatable bonds is 3. The van der Waals surface area contributed by atoms with Crippen LogP contribution in [0.15, 0.2) is 24.4 Å². The number of benzene rings is 1. The summed E-state index contributed by atoms with van der Waals surface area (Å²) in [5, 5.41) is 1.43. The van der Waals surface area contributed by atoms with E-state index in [1.165, 1.54) is 41.3 Å². The molecular weight excluding hydrogens is 232 g/mol. The highest BCUT2D eigenvalue weighted by molar-refractivity contribution is 5.86. The van der Waals surface area contributed by atoms with Crippen LogP contribution in [0.1, 0.15) is 37.3 Å². The van der Waals surface area contributed by atoms with E-state index < -0.39 is 0 Å². The Labute approximate surface area is 115 Å². The lowest BCUT2D eigenvalue weighted by molar-refractivity contribution is 0.480. The van der Waals surface area contributed by atoms with Gasteiger partial charge in [0.15, 0.2) is 0 Å². The largest absolute Gasteiger partial charge is 0.350 e. The highest BCUT2D eigenvalue weighted by Crippen LogP contribution is 2.31. The van der Waals surface area contributed by atoms with Crippen LogP contribution in [-0.4, -0.2) is 10.6 Å². The normalized spacial score (nSPS) is 23.3. The van der Waals surface area contributed by atoms with Gasteiger partial charge < -0.3 is 10.3 Å². The Morgan fingerprint density at radius 1 is 1.26 bits per heavy atom. The Balaban J connectivity index is 2.00. The van der Waals surface area contributed by atoms with Crippen molar-refractivity contribution in [2.45, 2.75) is 45.1 Å². The molecule has 102 valence electrons. The molecule has 19 heavy (non-hydrogen) atoms. The number of nitrogens with zero attached hydrogens (tertiary/aromatic N) is 1. The van der Waals surface area contributed by atoms with E-state index in [1.807, 2.05) is 0 Å². The molecular formula is C17H24N2. The molecule has 2 atom stereocenters. The third-order valence-electron chi connectivity index (χ3n) is 4.75. The summed E-state index contributed by atoms with van der Waals surface area (Å²) in [7, 11) is 2.17. The lowest BCUT2D eigenvalue weighted by Crippen LogP contribution is -2.25. The van der Waals surface area contributed by atoms with Crippen LogP contribution in [0, 0.1) is 5.92 Å². The van der Waals surface area contributed by atoms with Crippen LogP contribution in [-0.2, 0) is 19.9 Å². The maximum absolute atomic E-state index is 6.23. The van der Waals surface area contributed by atoms with Gasteiger partial charge in [-0.3, -0.25) is 0 Å². The van der Waals surface area contributed by atoms with Gasteiger partial charge in [-0.1, -0.05) is 31.5 Å². The van der Waals surface area contributed by atoms with E-state index in [9.17, 15) is 0 Å². The molecule has 1 aliphatic carbocycles. The van der Waals surface area contributed by atoms with Gasteiger partial charge in [-0.25, -0.2) is 0 Å². The molecule has 0 amide bonds. The zero-order valence-electron chi connectivity index (χ0n) is 12.0. The molecule has 2 unspecified atom stereocenters. The Morgan fingerprint density at radius 2 is 2.11 bits per heavy atom. The second kappa shape index (κ2) is 5.01. The summed E-state index contributed by atoms with van der Waals surface area (Å²) >= 11 is 0. The van der Waals surface area contributed by atoms with E-state index in [1.54, 1.807) is 0 Å². The van der Waals surface area contributed by atoms with Crippen molar-refractivity contribution in [3.8, 4) is 0 Å². The molecule has 1 heterocycles. The third-order valence-corrected chi connectivity index (χ3v) is 4.75. The zero-order chi connectivity index (χ0) is 13.4. The van der Waals surface area contributed by atoms with E-state index in [0.29, 0.717) is 12.0 Å². The van der Waals surface area contributed by atoms with Crippen LogP contribution in [0.4, 0.5) is 0 Å². The second-order valence-corrected chi connectivity index (χ2v) is 5.99. The number of hydrogen-bond acceptors (Lipinski definition) is 1. The molecule has 2 aromatic rings. The van der Waals surface area contributed by atoms with E-state index in [4.69, 9.17) is 5.73 Å². The van der Waals surface area contributed by atoms with Crippen LogP contribution < -0.4 is 5.73 Å². The molecule has 2 N–H and O–H groups in total. The maximum atomic E-state index is 6.23. The first-order chi connectivity index (χ1) is 9.20. The minimum atomic E-state index is 0.407. The number of hydrogen-bond donors (Lipinski definition) is 1. The number of nitrogens with two attached hydrogens (primary N) is 1. The van der Waals surface area contributed by atoms with Crippen LogP contribution in [0.3, 0.4) is 0 Å². The number of fused-ring (bicyclic) bond motifs is 1. The number of aromatic nitrogens is 1. The summed E-state index contributed by atoms with van der Waals surface area (Å²) in [5.74, 6) is 0.677. The second-order valence-electron chi connectivity index (χ2n) is 5.99. The van der Waals surface area contributed by atoms with Crippen molar-refractivity contribution >= 4 is 10.9 Å². The van der Waals surface area contributed by atoms with E-state index in [0.717, 1.165) is 12.8 Å². The van der Waals surface area contributed by atoms with Crippen molar-refractivity contribution in [2.75, 3.05) is 0 Å². The summed E-state index contributed by atoms with van der Waals surface area (Å²) < 4.78 is 2.30. The van der Waals surface area contributed by atoms with Gasteiger partial charge in [-0.05, 0) is 42.7 Å². The lowest BCUT2D eigenvalue weighted by atomic mass is 9.94. The first kappa shape index (κ1) is 12.7. The molecule has 1 fully saturated rings. The van der Waals surface area contributed by atoms with Gasteiger partial charge in [0.25, 0.3) is 0 Å². The van der Waals surface area contributed by atoms with E-state index in [2.05, 4.69) is 42.9 Å². The minimum Gasteiger partial charge on any atom is -0.350 e. The topological polar surface area (TPSA) is 30.9 Å². The highest BCUT2D eigenvalue weighted by Gasteiger charge is 2.25. The van der Waals surface area contributed by atoms with Crippen molar-refractivity contribution in [1.29, 1.82) is 0 Å². The van der Waals surface area contributed by atoms with Gasteiger partial charge >= 0.3 is 0 Å². The standard InChI is InChI=1S/C17H24N2/c1-3-12-6-4-8-15-14(11-19(2)17(12)15)10-13-7-5-9-16(13)18/h4,6,8,11,13,16H,3,5,7,9-10,18H2,1-2H3. The summed E-state index contributed by atoms with van der Waals surface area (Å²) in [5.41, 5.74) is 10.6. The summed E-state index contributed by atoms with van der Waals surface area (Å²) in [4.78, 5) is 0. The molecule has 0 radical (unpaired) electrons. The van der Waals surface area contributed by atoms with Crippen molar-refractivity contribution in [3.05, 3.63) is 35.5 Å². The zero-order valence-corrected chi connectivity index (χ0v) is 12.0. The first-order valence-electron chi connectivity index (χ1n) is 7.52. The molecule has 1 aromatic heterocycles. The minimum absolute atomic E-state index is 0.407. The SMILES string of the molecule is CCc1cccc2c(CC3CCCC3N)cn(C)c12. The van der Waals surface area contributed by atoms with Crippen LogP contribution in [0.2, 0.25) is 0 Å². The fraction of sp³-hybridized carbons (Fsp3) is 0.529. The van der Waals surface area contributed by atoms with E-state index >= 15 is 0 Å². The third kappa shape index (κ3) is 2.18. The smallest absolute Gasteiger partial charge is 0.0512 e. The fourth-order valence-electron chi connectivity index (χ4n) is 3.68. The first-order valence-corrected chi connectivity index (χ1v) is 7.52. The molecule has 0 aliphatic heterocycles. The van der Waals surface area contributed by atoms with Crippen LogP contribution in [0.25, 0.3) is 10.9 Å². The average molecular weight is 256 g/mol. The lowest BCUT2D eigenvalue weighted by Gasteiger charge is -2.14. The predicted octanol–water partition coefficient (Wildman–Crippen LogP) is 3.41. The van der Waals surface area contributed by atoms with Gasteiger partial charge in [-0.15, -0.1) is 0 Å². The fourth-order valence-corrected chi connectivity index (χ4v) is 3.68. The molecule has 0 spiro atoms. The van der Waals surface area contributed by atoms with E-state index in [-0.39, 0.29) is 0 Å². The van der Waals surface area contributed by atoms with Gasteiger partial charge in [0.05, 0.1) is 5.52 Å². The van der Waals surface area contributed by atoms with Gasteiger partial charge in [0.2, 0.25) is 0 Å². The molecule has 1 aliphatic rings. The Bertz CT molecular complexity index is 582. The maximum Gasteiger partial charge on any atom is 0.0512 e. The van der Waals surface area contributed by atoms with Crippen molar-refractivity contribution < 1.29 is 0 Å². The predicted molar refractivity (Wildman–Crippen MR) is 81.3 cm³/mol. The Hall–Kier alpha value is -1.28.